The van der Waals surface area contributed by atoms with Gasteiger partial charge in [-0.25, -0.2) is 0 Å². The molecular weight excluding hydrogens is 338 g/mol. The van der Waals surface area contributed by atoms with E-state index in [0.717, 1.165) is 29.2 Å². The molecule has 2 aliphatic rings. The Labute approximate surface area is 173 Å². The quantitative estimate of drug-likeness (QED) is 0.395. The first kappa shape index (κ1) is 21.4. The number of rotatable bonds is 9. The molecule has 0 atom stereocenters. The Morgan fingerprint density at radius 1 is 0.750 bits per heavy atom. The van der Waals surface area contributed by atoms with Crippen LogP contribution in [0.25, 0.3) is 0 Å². The third kappa shape index (κ3) is 6.37. The summed E-state index contributed by atoms with van der Waals surface area (Å²) in [5.41, 5.74) is 2.25. The van der Waals surface area contributed by atoms with Gasteiger partial charge in [-0.15, -0.1) is 0 Å². The molecule has 1 nitrogen and oxygen atoms in total. The van der Waals surface area contributed by atoms with Gasteiger partial charge in [0.2, 0.25) is 0 Å². The molecule has 0 heterocycles. The summed E-state index contributed by atoms with van der Waals surface area (Å²) >= 11 is 0. The highest BCUT2D eigenvalue weighted by atomic mass is 14.4. The number of hydrogen-bond acceptors (Lipinski definition) is 1. The van der Waals surface area contributed by atoms with Crippen LogP contribution in [-0.4, -0.2) is 0 Å². The zero-order valence-corrected chi connectivity index (χ0v) is 18.2. The summed E-state index contributed by atoms with van der Waals surface area (Å²) in [6.07, 6.45) is 21.8. The molecule has 0 aromatic heterocycles. The van der Waals surface area contributed by atoms with Crippen molar-refractivity contribution >= 4 is 0 Å². The van der Waals surface area contributed by atoms with Crippen molar-refractivity contribution in [1.29, 1.82) is 5.26 Å². The van der Waals surface area contributed by atoms with Gasteiger partial charge in [0.05, 0.1) is 11.6 Å². The van der Waals surface area contributed by atoms with Gasteiger partial charge in [-0.3, -0.25) is 0 Å². The number of nitriles is 1. The fourth-order valence-electron chi connectivity index (χ4n) is 5.92. The highest BCUT2D eigenvalue weighted by Gasteiger charge is 2.31. The average molecular weight is 380 g/mol. The van der Waals surface area contributed by atoms with Crippen LogP contribution in [0.4, 0.5) is 0 Å². The molecule has 1 aromatic rings. The van der Waals surface area contributed by atoms with Crippen LogP contribution in [0.2, 0.25) is 0 Å². The van der Waals surface area contributed by atoms with E-state index in [2.05, 4.69) is 25.1 Å². The van der Waals surface area contributed by atoms with Gasteiger partial charge in [0, 0.05) is 0 Å². The fraction of sp³-hybridized carbons (Fsp3) is 0.741. The molecule has 0 unspecified atom stereocenters. The summed E-state index contributed by atoms with van der Waals surface area (Å²) in [6.45, 7) is 2.30. The Hall–Kier alpha value is -1.29. The number of nitrogens with zero attached hydrogens (tertiary/aromatic N) is 1. The molecule has 154 valence electrons. The lowest BCUT2D eigenvalue weighted by Crippen LogP contribution is -2.25. The van der Waals surface area contributed by atoms with Crippen LogP contribution in [0.5, 0.6) is 0 Å². The molecule has 2 aliphatic carbocycles. The van der Waals surface area contributed by atoms with Crippen LogP contribution < -0.4 is 0 Å². The zero-order chi connectivity index (χ0) is 19.6. The smallest absolute Gasteiger partial charge is 0.0991 e. The van der Waals surface area contributed by atoms with Crippen molar-refractivity contribution < 1.29 is 0 Å². The van der Waals surface area contributed by atoms with Gasteiger partial charge in [-0.1, -0.05) is 76.8 Å². The second-order valence-electron chi connectivity index (χ2n) is 9.68. The molecular formula is C27H41N. The standard InChI is InChI=1S/C27H41N/c1-2-3-4-5-6-7-8-22-9-13-24(14-10-22)26-17-19-27(20-18-26)25-15-11-23(21-28)12-16-25/h11-12,15-16,22,24,26-27H,2-10,13-14,17-20H2,1H3/t22-,24-,26-,27-. The Bertz CT molecular complexity index is 580. The third-order valence-electron chi connectivity index (χ3n) is 7.81. The van der Waals surface area contributed by atoms with Crippen LogP contribution in [0, 0.1) is 29.1 Å². The van der Waals surface area contributed by atoms with Gasteiger partial charge in [-0.05, 0) is 79.9 Å². The van der Waals surface area contributed by atoms with Crippen molar-refractivity contribution in [1.82, 2.24) is 0 Å². The summed E-state index contributed by atoms with van der Waals surface area (Å²) in [7, 11) is 0. The Balaban J connectivity index is 1.32. The molecule has 2 fully saturated rings. The van der Waals surface area contributed by atoms with Gasteiger partial charge >= 0.3 is 0 Å². The normalized spacial score (nSPS) is 28.0. The first-order valence-electron chi connectivity index (χ1n) is 12.3. The van der Waals surface area contributed by atoms with Crippen LogP contribution in [0.1, 0.15) is 120 Å². The summed E-state index contributed by atoms with van der Waals surface area (Å²) < 4.78 is 0. The molecule has 28 heavy (non-hydrogen) atoms. The fourth-order valence-corrected chi connectivity index (χ4v) is 5.92. The molecule has 0 N–H and O–H groups in total. The highest BCUT2D eigenvalue weighted by Crippen LogP contribution is 2.44. The number of hydrogen-bond donors (Lipinski definition) is 0. The minimum atomic E-state index is 0.730. The maximum Gasteiger partial charge on any atom is 0.0991 e. The van der Waals surface area contributed by atoms with Crippen molar-refractivity contribution in [2.24, 2.45) is 17.8 Å². The maximum absolute atomic E-state index is 8.98. The SMILES string of the molecule is CCCCCCCC[C@H]1CC[C@H]([C@H]2CC[C@H](c3ccc(C#N)cc3)CC2)CC1. The molecule has 0 amide bonds. The summed E-state index contributed by atoms with van der Waals surface area (Å²) in [5.74, 6) is 3.78. The lowest BCUT2D eigenvalue weighted by molar-refractivity contribution is 0.155. The molecule has 3 rings (SSSR count). The second kappa shape index (κ2) is 11.6. The van der Waals surface area contributed by atoms with Crippen LogP contribution in [-0.2, 0) is 0 Å². The topological polar surface area (TPSA) is 23.8 Å². The lowest BCUT2D eigenvalue weighted by atomic mass is 9.68. The zero-order valence-electron chi connectivity index (χ0n) is 18.2. The van der Waals surface area contributed by atoms with Crippen LogP contribution >= 0.6 is 0 Å². The van der Waals surface area contributed by atoms with Crippen molar-refractivity contribution in [3.8, 4) is 6.07 Å². The van der Waals surface area contributed by atoms with Gasteiger partial charge < -0.3 is 0 Å². The van der Waals surface area contributed by atoms with E-state index < -0.39 is 0 Å². The minimum Gasteiger partial charge on any atom is -0.192 e. The van der Waals surface area contributed by atoms with Crippen molar-refractivity contribution in [3.63, 3.8) is 0 Å². The van der Waals surface area contributed by atoms with E-state index in [4.69, 9.17) is 5.26 Å². The van der Waals surface area contributed by atoms with E-state index in [-0.39, 0.29) is 0 Å². The third-order valence-corrected chi connectivity index (χ3v) is 7.81. The monoisotopic (exact) mass is 379 g/mol. The van der Waals surface area contributed by atoms with E-state index in [1.807, 2.05) is 12.1 Å². The van der Waals surface area contributed by atoms with Crippen LogP contribution in [0.15, 0.2) is 24.3 Å². The summed E-state index contributed by atoms with van der Waals surface area (Å²) in [4.78, 5) is 0. The second-order valence-corrected chi connectivity index (χ2v) is 9.68. The number of benzene rings is 1. The highest BCUT2D eigenvalue weighted by molar-refractivity contribution is 5.33. The first-order valence-corrected chi connectivity index (χ1v) is 12.3. The van der Waals surface area contributed by atoms with Gasteiger partial charge in [-0.2, -0.15) is 5.26 Å². The van der Waals surface area contributed by atoms with E-state index in [0.29, 0.717) is 0 Å². The molecule has 0 bridgehead atoms. The van der Waals surface area contributed by atoms with Crippen molar-refractivity contribution in [3.05, 3.63) is 35.4 Å². The molecule has 2 saturated carbocycles. The summed E-state index contributed by atoms with van der Waals surface area (Å²) in [6, 6.07) is 10.6. The summed E-state index contributed by atoms with van der Waals surface area (Å²) in [5, 5.41) is 8.98. The lowest BCUT2D eigenvalue weighted by Gasteiger charge is -2.38. The van der Waals surface area contributed by atoms with E-state index in [1.54, 1.807) is 0 Å². The Morgan fingerprint density at radius 2 is 1.32 bits per heavy atom. The average Bonchev–Trinajstić information content (AvgIpc) is 2.77. The van der Waals surface area contributed by atoms with E-state index in [1.165, 1.54) is 102 Å². The number of unbranched alkanes of at least 4 members (excludes halogenated alkanes) is 5. The maximum atomic E-state index is 8.98. The van der Waals surface area contributed by atoms with Gasteiger partial charge in [0.25, 0.3) is 0 Å². The Morgan fingerprint density at radius 3 is 1.93 bits per heavy atom. The first-order chi connectivity index (χ1) is 13.8. The molecule has 0 aliphatic heterocycles. The van der Waals surface area contributed by atoms with Crippen molar-refractivity contribution in [2.45, 2.75) is 109 Å². The van der Waals surface area contributed by atoms with E-state index >= 15 is 0 Å². The largest absolute Gasteiger partial charge is 0.192 e. The Kier molecular flexibility index (Phi) is 8.91. The van der Waals surface area contributed by atoms with Gasteiger partial charge in [0.1, 0.15) is 0 Å². The molecule has 0 spiro atoms. The molecule has 1 heteroatoms. The predicted octanol–water partition coefficient (Wildman–Crippen LogP) is 8.39. The van der Waals surface area contributed by atoms with Gasteiger partial charge in [0.15, 0.2) is 0 Å². The molecule has 0 radical (unpaired) electrons. The van der Waals surface area contributed by atoms with Crippen LogP contribution in [0.3, 0.4) is 0 Å². The van der Waals surface area contributed by atoms with Crippen molar-refractivity contribution in [2.75, 3.05) is 0 Å². The molecule has 1 aromatic carbocycles. The van der Waals surface area contributed by atoms with E-state index in [9.17, 15) is 0 Å². The predicted molar refractivity (Wildman–Crippen MR) is 119 cm³/mol. The minimum absolute atomic E-state index is 0.730. The molecule has 0 saturated heterocycles.